The summed E-state index contributed by atoms with van der Waals surface area (Å²) < 4.78 is 5.61. The number of benzene rings is 2. The van der Waals surface area contributed by atoms with Crippen LogP contribution in [0.4, 0.5) is 5.69 Å². The van der Waals surface area contributed by atoms with Gasteiger partial charge in [-0.2, -0.15) is 0 Å². The molecule has 0 saturated carbocycles. The van der Waals surface area contributed by atoms with E-state index < -0.39 is 0 Å². The van der Waals surface area contributed by atoms with Gasteiger partial charge in [-0.1, -0.05) is 42.1 Å². The minimum atomic E-state index is 0.142. The highest BCUT2D eigenvalue weighted by molar-refractivity contribution is 8.03. The van der Waals surface area contributed by atoms with Crippen LogP contribution in [0.2, 0.25) is 0 Å². The molecule has 0 N–H and O–H groups in total. The number of hydrogen-bond acceptors (Lipinski definition) is 4. The Kier molecular flexibility index (Phi) is 5.03. The summed E-state index contributed by atoms with van der Waals surface area (Å²) in [6, 6.07) is 17.9. The zero-order valence-electron chi connectivity index (χ0n) is 13.1. The van der Waals surface area contributed by atoms with Crippen molar-refractivity contribution in [3.05, 3.63) is 65.7 Å². The van der Waals surface area contributed by atoms with Gasteiger partial charge in [0.2, 0.25) is 0 Å². The van der Waals surface area contributed by atoms with Crippen LogP contribution in [0.15, 0.2) is 70.6 Å². The average Bonchev–Trinajstić information content (AvgIpc) is 2.89. The zero-order chi connectivity index (χ0) is 16.1. The standard InChI is InChI=1S/C19H19NO2S/c1-20-17-11-5-6-12-18(17)23-19(20)14-15(21)8-7-13-22-16-9-3-2-4-10-16/h2-6,9-12,14H,7-8,13H2,1H3. The van der Waals surface area contributed by atoms with E-state index >= 15 is 0 Å². The molecular formula is C19H19NO2S. The molecule has 0 saturated heterocycles. The summed E-state index contributed by atoms with van der Waals surface area (Å²) in [7, 11) is 2.00. The van der Waals surface area contributed by atoms with E-state index in [-0.39, 0.29) is 5.78 Å². The Morgan fingerprint density at radius 3 is 2.65 bits per heavy atom. The highest BCUT2D eigenvalue weighted by Crippen LogP contribution is 2.44. The summed E-state index contributed by atoms with van der Waals surface area (Å²) in [4.78, 5) is 15.4. The molecule has 0 spiro atoms. The maximum Gasteiger partial charge on any atom is 0.158 e. The Morgan fingerprint density at radius 1 is 1.13 bits per heavy atom. The Morgan fingerprint density at radius 2 is 1.87 bits per heavy atom. The van der Waals surface area contributed by atoms with Gasteiger partial charge in [-0.25, -0.2) is 0 Å². The number of hydrogen-bond donors (Lipinski definition) is 0. The number of allylic oxidation sites excluding steroid dienone is 1. The van der Waals surface area contributed by atoms with E-state index in [1.165, 1.54) is 4.90 Å². The first-order valence-electron chi connectivity index (χ1n) is 7.67. The maximum absolute atomic E-state index is 12.1. The molecule has 0 bridgehead atoms. The summed E-state index contributed by atoms with van der Waals surface area (Å²) in [5.41, 5.74) is 1.16. The summed E-state index contributed by atoms with van der Waals surface area (Å²) >= 11 is 1.64. The molecule has 3 rings (SSSR count). The fourth-order valence-electron chi connectivity index (χ4n) is 2.41. The Balaban J connectivity index is 1.48. The van der Waals surface area contributed by atoms with Gasteiger partial charge in [-0.05, 0) is 30.7 Å². The predicted octanol–water partition coefficient (Wildman–Crippen LogP) is 4.50. The van der Waals surface area contributed by atoms with E-state index in [2.05, 4.69) is 17.0 Å². The molecule has 0 aliphatic carbocycles. The molecule has 1 heterocycles. The molecule has 3 nitrogen and oxygen atoms in total. The van der Waals surface area contributed by atoms with Gasteiger partial charge in [0.25, 0.3) is 0 Å². The molecule has 1 aliphatic heterocycles. The Labute approximate surface area is 141 Å². The highest BCUT2D eigenvalue weighted by Gasteiger charge is 2.21. The Bertz CT molecular complexity index is 712. The molecule has 0 atom stereocenters. The number of anilines is 1. The van der Waals surface area contributed by atoms with Crippen molar-refractivity contribution in [1.29, 1.82) is 0 Å². The van der Waals surface area contributed by atoms with Crippen molar-refractivity contribution in [2.75, 3.05) is 18.6 Å². The van der Waals surface area contributed by atoms with Gasteiger partial charge in [0.1, 0.15) is 5.75 Å². The SMILES string of the molecule is CN1C(=CC(=O)CCCOc2ccccc2)Sc2ccccc21. The van der Waals surface area contributed by atoms with E-state index in [4.69, 9.17) is 4.74 Å². The number of para-hydroxylation sites is 2. The van der Waals surface area contributed by atoms with Crippen LogP contribution in [-0.4, -0.2) is 19.4 Å². The fourth-order valence-corrected chi connectivity index (χ4v) is 3.52. The molecular weight excluding hydrogens is 306 g/mol. The predicted molar refractivity (Wildman–Crippen MR) is 95.0 cm³/mol. The molecule has 0 unspecified atom stereocenters. The second-order valence-corrected chi connectivity index (χ2v) is 6.40. The van der Waals surface area contributed by atoms with Crippen molar-refractivity contribution >= 4 is 23.2 Å². The minimum Gasteiger partial charge on any atom is -0.494 e. The first kappa shape index (κ1) is 15.7. The van der Waals surface area contributed by atoms with E-state index in [0.29, 0.717) is 13.0 Å². The number of fused-ring (bicyclic) bond motifs is 1. The molecule has 118 valence electrons. The van der Waals surface area contributed by atoms with Gasteiger partial charge in [-0.3, -0.25) is 4.79 Å². The van der Waals surface area contributed by atoms with Crippen molar-refractivity contribution in [3.8, 4) is 5.75 Å². The largest absolute Gasteiger partial charge is 0.494 e. The van der Waals surface area contributed by atoms with Gasteiger partial charge in [0.05, 0.1) is 17.3 Å². The van der Waals surface area contributed by atoms with Crippen LogP contribution in [0.3, 0.4) is 0 Å². The number of nitrogens with zero attached hydrogens (tertiary/aromatic N) is 1. The molecule has 0 amide bonds. The number of thioether (sulfide) groups is 1. The molecule has 4 heteroatoms. The number of rotatable bonds is 6. The van der Waals surface area contributed by atoms with Crippen molar-refractivity contribution in [1.82, 2.24) is 0 Å². The lowest BCUT2D eigenvalue weighted by Crippen LogP contribution is -2.11. The van der Waals surface area contributed by atoms with Crippen molar-refractivity contribution in [2.45, 2.75) is 17.7 Å². The van der Waals surface area contributed by atoms with Gasteiger partial charge < -0.3 is 9.64 Å². The first-order valence-corrected chi connectivity index (χ1v) is 8.49. The van der Waals surface area contributed by atoms with Gasteiger partial charge in [0, 0.05) is 24.4 Å². The van der Waals surface area contributed by atoms with Crippen molar-refractivity contribution in [2.24, 2.45) is 0 Å². The second-order valence-electron chi connectivity index (χ2n) is 5.34. The normalized spacial score (nSPS) is 14.8. The molecule has 0 aromatic heterocycles. The van der Waals surface area contributed by atoms with E-state index in [1.807, 2.05) is 49.5 Å². The van der Waals surface area contributed by atoms with Gasteiger partial charge in [0.15, 0.2) is 5.78 Å². The third kappa shape index (κ3) is 3.96. The molecule has 2 aromatic carbocycles. The van der Waals surface area contributed by atoms with Crippen LogP contribution in [0.1, 0.15) is 12.8 Å². The smallest absolute Gasteiger partial charge is 0.158 e. The highest BCUT2D eigenvalue weighted by atomic mass is 32.2. The lowest BCUT2D eigenvalue weighted by Gasteiger charge is -2.12. The molecule has 2 aromatic rings. The van der Waals surface area contributed by atoms with Crippen LogP contribution in [0, 0.1) is 0 Å². The summed E-state index contributed by atoms with van der Waals surface area (Å²) in [6.45, 7) is 0.558. The monoisotopic (exact) mass is 325 g/mol. The summed E-state index contributed by atoms with van der Waals surface area (Å²) in [5.74, 6) is 0.989. The second kappa shape index (κ2) is 7.38. The van der Waals surface area contributed by atoms with Crippen LogP contribution in [-0.2, 0) is 4.79 Å². The third-order valence-corrected chi connectivity index (χ3v) is 4.80. The molecule has 0 fully saturated rings. The van der Waals surface area contributed by atoms with Crippen molar-refractivity contribution in [3.63, 3.8) is 0 Å². The molecule has 23 heavy (non-hydrogen) atoms. The fraction of sp³-hybridized carbons (Fsp3) is 0.211. The lowest BCUT2D eigenvalue weighted by atomic mass is 10.2. The van der Waals surface area contributed by atoms with E-state index in [9.17, 15) is 4.79 Å². The number of carbonyl (C=O) groups excluding carboxylic acids is 1. The number of carbonyl (C=O) groups is 1. The number of ether oxygens (including phenoxy) is 1. The summed E-state index contributed by atoms with van der Waals surface area (Å²) in [6.07, 6.45) is 2.97. The third-order valence-electron chi connectivity index (χ3n) is 3.64. The average molecular weight is 325 g/mol. The molecule has 0 radical (unpaired) electrons. The van der Waals surface area contributed by atoms with Gasteiger partial charge in [-0.15, -0.1) is 0 Å². The van der Waals surface area contributed by atoms with Crippen LogP contribution >= 0.6 is 11.8 Å². The summed E-state index contributed by atoms with van der Waals surface area (Å²) in [5, 5.41) is 0.986. The van der Waals surface area contributed by atoms with Crippen LogP contribution in [0.25, 0.3) is 0 Å². The number of ketones is 1. The quantitative estimate of drug-likeness (QED) is 0.578. The van der Waals surface area contributed by atoms with E-state index in [1.54, 1.807) is 17.8 Å². The van der Waals surface area contributed by atoms with Crippen LogP contribution < -0.4 is 9.64 Å². The minimum absolute atomic E-state index is 0.142. The topological polar surface area (TPSA) is 29.5 Å². The van der Waals surface area contributed by atoms with Gasteiger partial charge >= 0.3 is 0 Å². The zero-order valence-corrected chi connectivity index (χ0v) is 13.9. The maximum atomic E-state index is 12.1. The first-order chi connectivity index (χ1) is 11.2. The van der Waals surface area contributed by atoms with E-state index in [0.717, 1.165) is 22.9 Å². The van der Waals surface area contributed by atoms with Crippen molar-refractivity contribution < 1.29 is 9.53 Å². The lowest BCUT2D eigenvalue weighted by molar-refractivity contribution is -0.114. The van der Waals surface area contributed by atoms with Crippen LogP contribution in [0.5, 0.6) is 5.75 Å². The molecule has 1 aliphatic rings. The Hall–Kier alpha value is -2.20.